The molecule has 0 spiro atoms. The maximum Gasteiger partial charge on any atom is 0.242 e. The summed E-state index contributed by atoms with van der Waals surface area (Å²) in [6, 6.07) is 9.40. The first kappa shape index (κ1) is 13.4. The number of carbonyl (C=O) groups excluding carboxylic acids is 1. The summed E-state index contributed by atoms with van der Waals surface area (Å²) in [6.45, 7) is 2.17. The molecule has 0 N–H and O–H groups in total. The molecule has 19 heavy (non-hydrogen) atoms. The van der Waals surface area contributed by atoms with Crippen LogP contribution in [0.1, 0.15) is 24.8 Å². The highest BCUT2D eigenvalue weighted by Crippen LogP contribution is 2.14. The van der Waals surface area contributed by atoms with Crippen LogP contribution >= 0.6 is 0 Å². The Morgan fingerprint density at radius 1 is 1.26 bits per heavy atom. The van der Waals surface area contributed by atoms with Gasteiger partial charge in [0.25, 0.3) is 0 Å². The normalized spacial score (nSPS) is 14.8. The van der Waals surface area contributed by atoms with Gasteiger partial charge in [0.15, 0.2) is 0 Å². The van der Waals surface area contributed by atoms with Gasteiger partial charge in [0.2, 0.25) is 5.91 Å². The van der Waals surface area contributed by atoms with E-state index in [0.29, 0.717) is 12.1 Å². The minimum Gasteiger partial charge on any atom is -0.365 e. The van der Waals surface area contributed by atoms with Gasteiger partial charge < -0.3 is 9.80 Å². The number of piperidine rings is 1. The smallest absolute Gasteiger partial charge is 0.242 e. The summed E-state index contributed by atoms with van der Waals surface area (Å²) in [6.07, 6.45) is 3.47. The monoisotopic (exact) mass is 257 g/mol. The lowest BCUT2D eigenvalue weighted by atomic mass is 10.1. The number of likely N-dealkylation sites (tertiary alicyclic amines) is 1. The van der Waals surface area contributed by atoms with E-state index in [1.807, 2.05) is 29.0 Å². The Labute approximate surface area is 114 Å². The van der Waals surface area contributed by atoms with Gasteiger partial charge in [-0.05, 0) is 43.5 Å². The average Bonchev–Trinajstić information content (AvgIpc) is 2.48. The predicted molar refractivity (Wildman–Crippen MR) is 74.9 cm³/mol. The van der Waals surface area contributed by atoms with Crippen molar-refractivity contribution >= 4 is 11.6 Å². The quantitative estimate of drug-likeness (QED) is 0.832. The second-order valence-corrected chi connectivity index (χ2v) is 4.96. The largest absolute Gasteiger partial charge is 0.365 e. The third-order valence-electron chi connectivity index (χ3n) is 3.52. The molecular weight excluding hydrogens is 238 g/mol. The topological polar surface area (TPSA) is 47.3 Å². The molecule has 0 atom stereocenters. The fraction of sp³-hybridized carbons (Fsp3) is 0.467. The molecule has 0 bridgehead atoms. The van der Waals surface area contributed by atoms with Crippen LogP contribution < -0.4 is 4.90 Å². The zero-order valence-corrected chi connectivity index (χ0v) is 11.3. The van der Waals surface area contributed by atoms with Crippen molar-refractivity contribution in [2.24, 2.45) is 0 Å². The van der Waals surface area contributed by atoms with Gasteiger partial charge in [-0.15, -0.1) is 0 Å². The molecule has 0 saturated carbocycles. The van der Waals surface area contributed by atoms with Crippen molar-refractivity contribution in [2.75, 3.05) is 31.6 Å². The van der Waals surface area contributed by atoms with E-state index in [0.717, 1.165) is 31.6 Å². The fourth-order valence-corrected chi connectivity index (χ4v) is 2.33. The Morgan fingerprint density at radius 3 is 2.47 bits per heavy atom. The van der Waals surface area contributed by atoms with Crippen molar-refractivity contribution in [1.29, 1.82) is 5.26 Å². The van der Waals surface area contributed by atoms with E-state index in [2.05, 4.69) is 6.07 Å². The summed E-state index contributed by atoms with van der Waals surface area (Å²) in [7, 11) is 1.91. The second kappa shape index (κ2) is 6.24. The molecular formula is C15H19N3O. The Bertz CT molecular complexity index is 469. The maximum atomic E-state index is 12.1. The first-order valence-electron chi connectivity index (χ1n) is 6.70. The van der Waals surface area contributed by atoms with Crippen LogP contribution in [0.2, 0.25) is 0 Å². The molecule has 1 amide bonds. The number of amides is 1. The molecule has 0 radical (unpaired) electrons. The van der Waals surface area contributed by atoms with E-state index in [1.165, 1.54) is 6.42 Å². The van der Waals surface area contributed by atoms with Gasteiger partial charge in [0.1, 0.15) is 0 Å². The van der Waals surface area contributed by atoms with Gasteiger partial charge in [0, 0.05) is 25.8 Å². The number of carbonyl (C=O) groups is 1. The molecule has 1 aromatic carbocycles. The summed E-state index contributed by atoms with van der Waals surface area (Å²) in [5.41, 5.74) is 1.60. The SMILES string of the molecule is CN(CC(=O)N1CCCCC1)c1ccc(C#N)cc1. The van der Waals surface area contributed by atoms with Crippen LogP contribution in [0.25, 0.3) is 0 Å². The van der Waals surface area contributed by atoms with Crippen molar-refractivity contribution in [3.63, 3.8) is 0 Å². The summed E-state index contributed by atoms with van der Waals surface area (Å²) in [5, 5.41) is 8.76. The zero-order valence-electron chi connectivity index (χ0n) is 11.3. The molecule has 4 nitrogen and oxygen atoms in total. The molecule has 0 unspecified atom stereocenters. The number of benzene rings is 1. The lowest BCUT2D eigenvalue weighted by molar-refractivity contribution is -0.130. The van der Waals surface area contributed by atoms with Crippen molar-refractivity contribution in [3.05, 3.63) is 29.8 Å². The maximum absolute atomic E-state index is 12.1. The molecule has 1 aromatic rings. The minimum absolute atomic E-state index is 0.187. The summed E-state index contributed by atoms with van der Waals surface area (Å²) in [4.78, 5) is 16.0. The summed E-state index contributed by atoms with van der Waals surface area (Å²) >= 11 is 0. The van der Waals surface area contributed by atoms with Gasteiger partial charge in [-0.25, -0.2) is 0 Å². The van der Waals surface area contributed by atoms with E-state index in [1.54, 1.807) is 12.1 Å². The summed E-state index contributed by atoms with van der Waals surface area (Å²) < 4.78 is 0. The molecule has 1 aliphatic rings. The van der Waals surface area contributed by atoms with E-state index in [9.17, 15) is 4.79 Å². The fourth-order valence-electron chi connectivity index (χ4n) is 2.33. The number of nitriles is 1. The molecule has 0 aliphatic carbocycles. The highest BCUT2D eigenvalue weighted by atomic mass is 16.2. The average molecular weight is 257 g/mol. The van der Waals surface area contributed by atoms with E-state index >= 15 is 0 Å². The van der Waals surface area contributed by atoms with Crippen LogP contribution in [-0.4, -0.2) is 37.5 Å². The lowest BCUT2D eigenvalue weighted by Crippen LogP contribution is -2.41. The number of likely N-dealkylation sites (N-methyl/N-ethyl adjacent to an activating group) is 1. The van der Waals surface area contributed by atoms with Crippen molar-refractivity contribution < 1.29 is 4.79 Å². The van der Waals surface area contributed by atoms with Gasteiger partial charge >= 0.3 is 0 Å². The minimum atomic E-state index is 0.187. The third kappa shape index (κ3) is 3.47. The van der Waals surface area contributed by atoms with Crippen molar-refractivity contribution in [3.8, 4) is 6.07 Å². The molecule has 100 valence electrons. The highest BCUT2D eigenvalue weighted by molar-refractivity contribution is 5.81. The Hall–Kier alpha value is -2.02. The molecule has 1 heterocycles. The molecule has 1 fully saturated rings. The lowest BCUT2D eigenvalue weighted by Gasteiger charge is -2.29. The molecule has 1 aliphatic heterocycles. The third-order valence-corrected chi connectivity index (χ3v) is 3.52. The summed E-state index contributed by atoms with van der Waals surface area (Å²) in [5.74, 6) is 0.187. The number of hydrogen-bond acceptors (Lipinski definition) is 3. The zero-order chi connectivity index (χ0) is 13.7. The van der Waals surface area contributed by atoms with Crippen LogP contribution in [0.3, 0.4) is 0 Å². The van der Waals surface area contributed by atoms with Crippen LogP contribution in [-0.2, 0) is 4.79 Å². The number of nitrogens with zero attached hydrogens (tertiary/aromatic N) is 3. The standard InChI is InChI=1S/C15H19N3O/c1-17(14-7-5-13(11-16)6-8-14)12-15(19)18-9-3-2-4-10-18/h5-8H,2-4,9-10,12H2,1H3. The first-order valence-corrected chi connectivity index (χ1v) is 6.70. The molecule has 4 heteroatoms. The number of anilines is 1. The number of hydrogen-bond donors (Lipinski definition) is 0. The second-order valence-electron chi connectivity index (χ2n) is 4.96. The Morgan fingerprint density at radius 2 is 1.89 bits per heavy atom. The molecule has 0 aromatic heterocycles. The van der Waals surface area contributed by atoms with E-state index < -0.39 is 0 Å². The van der Waals surface area contributed by atoms with Crippen molar-refractivity contribution in [1.82, 2.24) is 4.90 Å². The van der Waals surface area contributed by atoms with E-state index in [4.69, 9.17) is 5.26 Å². The Balaban J connectivity index is 1.93. The Kier molecular flexibility index (Phi) is 4.40. The number of rotatable bonds is 3. The van der Waals surface area contributed by atoms with Crippen LogP contribution in [0.15, 0.2) is 24.3 Å². The van der Waals surface area contributed by atoms with Gasteiger partial charge in [-0.3, -0.25) is 4.79 Å². The predicted octanol–water partition coefficient (Wildman–Crippen LogP) is 2.01. The highest BCUT2D eigenvalue weighted by Gasteiger charge is 2.17. The molecule has 1 saturated heterocycles. The van der Waals surface area contributed by atoms with Crippen LogP contribution in [0.5, 0.6) is 0 Å². The van der Waals surface area contributed by atoms with Gasteiger partial charge in [-0.2, -0.15) is 5.26 Å². The van der Waals surface area contributed by atoms with Gasteiger partial charge in [0.05, 0.1) is 18.2 Å². The van der Waals surface area contributed by atoms with E-state index in [-0.39, 0.29) is 5.91 Å². The molecule has 2 rings (SSSR count). The van der Waals surface area contributed by atoms with Crippen LogP contribution in [0.4, 0.5) is 5.69 Å². The van der Waals surface area contributed by atoms with Crippen LogP contribution in [0, 0.1) is 11.3 Å². The first-order chi connectivity index (χ1) is 9.20. The van der Waals surface area contributed by atoms with Gasteiger partial charge in [-0.1, -0.05) is 0 Å². The van der Waals surface area contributed by atoms with Crippen molar-refractivity contribution in [2.45, 2.75) is 19.3 Å².